The third kappa shape index (κ3) is 1.58. The Morgan fingerprint density at radius 1 is 1.25 bits per heavy atom. The molecule has 1 aromatic carbocycles. The number of benzene rings is 1. The maximum atomic E-state index is 11.7. The van der Waals surface area contributed by atoms with Crippen molar-refractivity contribution in [3.8, 4) is 5.75 Å². The van der Waals surface area contributed by atoms with Crippen molar-refractivity contribution in [2.45, 2.75) is 18.8 Å². The lowest BCUT2D eigenvalue weighted by molar-refractivity contribution is 0.191. The van der Waals surface area contributed by atoms with Crippen molar-refractivity contribution in [1.29, 1.82) is 0 Å². The number of rotatable bonds is 3. The molecule has 0 spiro atoms. The molecule has 2 rings (SSSR count). The molecule has 0 unspecified atom stereocenters. The Labute approximate surface area is 71.2 Å². The summed E-state index contributed by atoms with van der Waals surface area (Å²) in [7, 11) is 0. The van der Waals surface area contributed by atoms with E-state index in [1.807, 2.05) is 24.3 Å². The highest BCUT2D eigenvalue weighted by atomic mass is 19.1. The molecule has 1 aromatic rings. The van der Waals surface area contributed by atoms with Crippen LogP contribution in [-0.2, 0) is 0 Å². The lowest BCUT2D eigenvalue weighted by atomic mass is 10.1. The molecule has 0 atom stereocenters. The highest BCUT2D eigenvalue weighted by Gasteiger charge is 2.22. The van der Waals surface area contributed by atoms with Crippen LogP contribution >= 0.6 is 0 Å². The van der Waals surface area contributed by atoms with E-state index in [2.05, 4.69) is 0 Å². The van der Waals surface area contributed by atoms with Crippen LogP contribution in [0.2, 0.25) is 0 Å². The molecule has 1 aliphatic rings. The van der Waals surface area contributed by atoms with Gasteiger partial charge in [0.2, 0.25) is 6.86 Å². The first kappa shape index (κ1) is 7.59. The molecular weight excluding hydrogens is 155 g/mol. The molecule has 1 nitrogen and oxygen atoms in total. The Kier molecular flexibility index (Phi) is 1.98. The first-order valence-corrected chi connectivity index (χ1v) is 4.19. The number of halogens is 1. The smallest absolute Gasteiger partial charge is 0.228 e. The van der Waals surface area contributed by atoms with Crippen molar-refractivity contribution >= 4 is 0 Å². The van der Waals surface area contributed by atoms with Gasteiger partial charge in [-0.2, -0.15) is 0 Å². The first-order valence-electron chi connectivity index (χ1n) is 4.19. The topological polar surface area (TPSA) is 9.23 Å². The van der Waals surface area contributed by atoms with E-state index in [1.54, 1.807) is 0 Å². The molecule has 2 heteroatoms. The van der Waals surface area contributed by atoms with Crippen LogP contribution in [0.15, 0.2) is 24.3 Å². The van der Waals surface area contributed by atoms with E-state index in [-0.39, 0.29) is 0 Å². The minimum Gasteiger partial charge on any atom is -0.463 e. The molecule has 1 saturated carbocycles. The zero-order chi connectivity index (χ0) is 8.39. The van der Waals surface area contributed by atoms with E-state index < -0.39 is 6.86 Å². The van der Waals surface area contributed by atoms with E-state index in [0.717, 1.165) is 5.92 Å². The van der Waals surface area contributed by atoms with Gasteiger partial charge in [0, 0.05) is 0 Å². The second-order valence-corrected chi connectivity index (χ2v) is 3.10. The van der Waals surface area contributed by atoms with Crippen LogP contribution in [0.25, 0.3) is 0 Å². The largest absolute Gasteiger partial charge is 0.463 e. The first-order chi connectivity index (χ1) is 5.90. The van der Waals surface area contributed by atoms with Crippen LogP contribution in [0.5, 0.6) is 5.75 Å². The van der Waals surface area contributed by atoms with Gasteiger partial charge in [-0.05, 0) is 36.5 Å². The maximum Gasteiger partial charge on any atom is 0.228 e. The summed E-state index contributed by atoms with van der Waals surface area (Å²) in [5.41, 5.74) is 1.35. The van der Waals surface area contributed by atoms with Gasteiger partial charge in [-0.15, -0.1) is 0 Å². The van der Waals surface area contributed by atoms with Gasteiger partial charge in [-0.3, -0.25) is 0 Å². The van der Waals surface area contributed by atoms with Crippen molar-refractivity contribution in [3.63, 3.8) is 0 Å². The summed E-state index contributed by atoms with van der Waals surface area (Å²) < 4.78 is 16.4. The van der Waals surface area contributed by atoms with Crippen LogP contribution in [0.4, 0.5) is 4.39 Å². The van der Waals surface area contributed by atoms with E-state index in [1.165, 1.54) is 18.4 Å². The van der Waals surface area contributed by atoms with Crippen LogP contribution in [0.1, 0.15) is 24.3 Å². The Bertz CT molecular complexity index is 251. The molecule has 0 aliphatic heterocycles. The summed E-state index contributed by atoms with van der Waals surface area (Å²) in [6, 6.07) is 7.69. The minimum absolute atomic E-state index is 0.613. The molecule has 0 aromatic heterocycles. The molecule has 0 amide bonds. The number of hydrogen-bond acceptors (Lipinski definition) is 1. The van der Waals surface area contributed by atoms with Gasteiger partial charge in [0.1, 0.15) is 5.75 Å². The number of alkyl halides is 1. The molecule has 64 valence electrons. The van der Waals surface area contributed by atoms with E-state index >= 15 is 0 Å². The standard InChI is InChI=1S/C10H11FO/c11-7-12-10-5-3-9(4-6-10)8-1-2-8/h3-6,8H,1-2,7H2. The molecule has 0 bridgehead atoms. The van der Waals surface area contributed by atoms with Crippen molar-refractivity contribution in [2.75, 3.05) is 6.86 Å². The molecule has 0 saturated heterocycles. The van der Waals surface area contributed by atoms with Crippen molar-refractivity contribution in [3.05, 3.63) is 29.8 Å². The Morgan fingerprint density at radius 3 is 2.42 bits per heavy atom. The summed E-state index contributed by atoms with van der Waals surface area (Å²) in [6.07, 6.45) is 2.59. The fraction of sp³-hybridized carbons (Fsp3) is 0.400. The zero-order valence-corrected chi connectivity index (χ0v) is 6.79. The highest BCUT2D eigenvalue weighted by Crippen LogP contribution is 2.40. The number of hydrogen-bond donors (Lipinski definition) is 0. The lowest BCUT2D eigenvalue weighted by Crippen LogP contribution is -1.89. The maximum absolute atomic E-state index is 11.7. The average Bonchev–Trinajstić information content (AvgIpc) is 2.89. The van der Waals surface area contributed by atoms with Crippen molar-refractivity contribution < 1.29 is 9.13 Å². The van der Waals surface area contributed by atoms with Gasteiger partial charge in [0.15, 0.2) is 0 Å². The minimum atomic E-state index is -0.747. The second kappa shape index (κ2) is 3.13. The summed E-state index contributed by atoms with van der Waals surface area (Å²) in [6.45, 7) is -0.747. The molecule has 0 N–H and O–H groups in total. The number of ether oxygens (including phenoxy) is 1. The Hall–Kier alpha value is -1.05. The fourth-order valence-corrected chi connectivity index (χ4v) is 1.32. The monoisotopic (exact) mass is 166 g/mol. The average molecular weight is 166 g/mol. The van der Waals surface area contributed by atoms with Gasteiger partial charge in [-0.25, -0.2) is 4.39 Å². The SMILES string of the molecule is FCOc1ccc(C2CC2)cc1. The third-order valence-electron chi connectivity index (χ3n) is 2.15. The molecule has 1 aliphatic carbocycles. The van der Waals surface area contributed by atoms with E-state index in [0.29, 0.717) is 5.75 Å². The van der Waals surface area contributed by atoms with E-state index in [9.17, 15) is 4.39 Å². The zero-order valence-electron chi connectivity index (χ0n) is 6.79. The molecule has 1 fully saturated rings. The van der Waals surface area contributed by atoms with Gasteiger partial charge in [0.05, 0.1) is 0 Å². The molecule has 12 heavy (non-hydrogen) atoms. The summed E-state index contributed by atoms with van der Waals surface area (Å²) in [4.78, 5) is 0. The predicted molar refractivity (Wildman–Crippen MR) is 45.0 cm³/mol. The predicted octanol–water partition coefficient (Wildman–Crippen LogP) is 2.87. The highest BCUT2D eigenvalue weighted by molar-refractivity contribution is 5.31. The van der Waals surface area contributed by atoms with Gasteiger partial charge in [-0.1, -0.05) is 12.1 Å². The fourth-order valence-electron chi connectivity index (χ4n) is 1.32. The Morgan fingerprint density at radius 2 is 1.92 bits per heavy atom. The normalized spacial score (nSPS) is 16.1. The third-order valence-corrected chi connectivity index (χ3v) is 2.15. The lowest BCUT2D eigenvalue weighted by Gasteiger charge is -2.01. The van der Waals surface area contributed by atoms with Crippen LogP contribution in [0.3, 0.4) is 0 Å². The summed E-state index contributed by atoms with van der Waals surface area (Å²) in [5.74, 6) is 1.37. The summed E-state index contributed by atoms with van der Waals surface area (Å²) >= 11 is 0. The quantitative estimate of drug-likeness (QED) is 0.670. The van der Waals surface area contributed by atoms with Crippen LogP contribution in [-0.4, -0.2) is 6.86 Å². The van der Waals surface area contributed by atoms with Crippen molar-refractivity contribution in [1.82, 2.24) is 0 Å². The van der Waals surface area contributed by atoms with Gasteiger partial charge in [0.25, 0.3) is 0 Å². The second-order valence-electron chi connectivity index (χ2n) is 3.10. The van der Waals surface area contributed by atoms with Gasteiger partial charge >= 0.3 is 0 Å². The molecule has 0 heterocycles. The molecule has 0 radical (unpaired) electrons. The molecular formula is C10H11FO. The van der Waals surface area contributed by atoms with Crippen LogP contribution < -0.4 is 4.74 Å². The van der Waals surface area contributed by atoms with Crippen LogP contribution in [0, 0.1) is 0 Å². The Balaban J connectivity index is 2.08. The van der Waals surface area contributed by atoms with Gasteiger partial charge < -0.3 is 4.74 Å². The van der Waals surface area contributed by atoms with Crippen molar-refractivity contribution in [2.24, 2.45) is 0 Å². The van der Waals surface area contributed by atoms with E-state index in [4.69, 9.17) is 4.74 Å². The summed E-state index contributed by atoms with van der Waals surface area (Å²) in [5, 5.41) is 0.